The van der Waals surface area contributed by atoms with Gasteiger partial charge in [-0.3, -0.25) is 0 Å². The SMILES string of the molecule is Fc1c(F)c(F)c([N-]CCCN(CC[N-]c2c(F)c(F)c(F)c(F)c2F)CC[N-]c2c(F)c(F)c(F)c(F)c2F)c(F)c1F.N#N.[Re]. The zero-order valence-electron chi connectivity index (χ0n) is 22.7. The molecule has 0 aromatic heterocycles. The molecule has 259 valence electrons. The summed E-state index contributed by atoms with van der Waals surface area (Å²) in [5.41, 5.74) is -4.60. The van der Waals surface area contributed by atoms with Crippen molar-refractivity contribution in [2.45, 2.75) is 6.42 Å². The summed E-state index contributed by atoms with van der Waals surface area (Å²) in [5.74, 6) is -34.6. The van der Waals surface area contributed by atoms with Crippen LogP contribution in [0.1, 0.15) is 6.42 Å². The summed E-state index contributed by atoms with van der Waals surface area (Å²) in [6.45, 7) is -3.31. The Kier molecular flexibility index (Phi) is 15.6. The van der Waals surface area contributed by atoms with Gasteiger partial charge in [0.05, 0.1) is 0 Å². The predicted molar refractivity (Wildman–Crippen MR) is 127 cm³/mol. The molecule has 0 aliphatic rings. The number of benzene rings is 3. The minimum Gasteiger partial charge on any atom is -0.679 e. The van der Waals surface area contributed by atoms with E-state index in [-0.39, 0.29) is 33.4 Å². The molecule has 0 heterocycles. The van der Waals surface area contributed by atoms with Gasteiger partial charge in [0.1, 0.15) is 34.9 Å². The Hall–Kier alpha value is -3.95. The van der Waals surface area contributed by atoms with Crippen LogP contribution in [0.5, 0.6) is 0 Å². The molecule has 0 bridgehead atoms. The molecule has 0 saturated carbocycles. The molecule has 0 aliphatic heterocycles. The van der Waals surface area contributed by atoms with E-state index in [9.17, 15) is 65.9 Å². The number of halogens is 15. The van der Waals surface area contributed by atoms with Gasteiger partial charge in [-0.2, -0.15) is 0 Å². The standard InChI is InChI=1S/C25H14F15N4.N2.Re/c26-8-11(29)17(35)23(18(36)12(8)30)41-2-1-5-44(6-3-42-24-19(37)13(31)9(27)14(32)20(24)38)7-4-43-25-21(39)15(33)10(28)16(34)22(25)40;1-2;/h1-7H2;;/q-3;;. The first-order valence-electron chi connectivity index (χ1n) is 12.1. The third-order valence-corrected chi connectivity index (χ3v) is 5.83. The van der Waals surface area contributed by atoms with Crippen molar-refractivity contribution in [2.75, 3.05) is 39.3 Å². The molecule has 1 radical (unpaired) electrons. The van der Waals surface area contributed by atoms with Crippen molar-refractivity contribution in [3.63, 3.8) is 0 Å². The number of hydrogen-bond acceptors (Lipinski definition) is 3. The fourth-order valence-electron chi connectivity index (χ4n) is 3.62. The van der Waals surface area contributed by atoms with E-state index in [1.54, 1.807) is 0 Å². The fraction of sp³-hybridized carbons (Fsp3) is 0.280. The molecule has 0 N–H and O–H groups in total. The third-order valence-electron chi connectivity index (χ3n) is 5.83. The monoisotopic (exact) mass is 870 g/mol. The second kappa shape index (κ2) is 17.8. The average molecular weight is 870 g/mol. The average Bonchev–Trinajstić information content (AvgIpc) is 3.05. The first kappa shape index (κ1) is 41.1. The molecule has 3 aromatic carbocycles. The number of hydrogen-bond donors (Lipinski definition) is 0. The predicted octanol–water partition coefficient (Wildman–Crippen LogP) is 8.91. The van der Waals surface area contributed by atoms with Crippen LogP contribution in [0.2, 0.25) is 0 Å². The Bertz CT molecular complexity index is 1450. The van der Waals surface area contributed by atoms with Crippen molar-refractivity contribution in [3.05, 3.63) is 103 Å². The summed E-state index contributed by atoms with van der Waals surface area (Å²) >= 11 is 0. The van der Waals surface area contributed by atoms with Crippen molar-refractivity contribution in [1.29, 1.82) is 10.8 Å². The maximum Gasteiger partial charge on any atom is 0.200 e. The van der Waals surface area contributed by atoms with Gasteiger partial charge in [0.25, 0.3) is 0 Å². The molecular formula is C25H14F15N6Re-3. The molecule has 0 aliphatic carbocycles. The van der Waals surface area contributed by atoms with Crippen LogP contribution in [-0.4, -0.2) is 44.2 Å². The van der Waals surface area contributed by atoms with E-state index in [2.05, 4.69) is 16.0 Å². The van der Waals surface area contributed by atoms with Crippen molar-refractivity contribution in [3.8, 4) is 0 Å². The first-order valence-corrected chi connectivity index (χ1v) is 12.1. The van der Waals surface area contributed by atoms with Crippen LogP contribution < -0.4 is 0 Å². The van der Waals surface area contributed by atoms with Gasteiger partial charge in [-0.05, 0) is 19.6 Å². The molecule has 47 heavy (non-hydrogen) atoms. The van der Waals surface area contributed by atoms with Crippen LogP contribution >= 0.6 is 0 Å². The molecule has 3 rings (SSSR count). The third kappa shape index (κ3) is 8.90. The summed E-state index contributed by atoms with van der Waals surface area (Å²) in [7, 11) is 0. The molecule has 0 saturated heterocycles. The van der Waals surface area contributed by atoms with Crippen LogP contribution in [0.15, 0.2) is 0 Å². The Morgan fingerprint density at radius 2 is 0.553 bits per heavy atom. The van der Waals surface area contributed by atoms with Crippen molar-refractivity contribution in [2.24, 2.45) is 0 Å². The summed E-state index contributed by atoms with van der Waals surface area (Å²) in [5, 5.41) is 21.9. The molecular weight excluding hydrogens is 855 g/mol. The summed E-state index contributed by atoms with van der Waals surface area (Å²) in [6.07, 6.45) is -0.287. The molecule has 0 amide bonds. The molecule has 0 atom stereocenters. The zero-order valence-corrected chi connectivity index (χ0v) is 25.4. The van der Waals surface area contributed by atoms with Crippen molar-refractivity contribution in [1.82, 2.24) is 4.90 Å². The molecule has 0 unspecified atom stereocenters. The zero-order chi connectivity index (χ0) is 35.0. The van der Waals surface area contributed by atoms with Crippen LogP contribution in [0, 0.1) is 98.0 Å². The van der Waals surface area contributed by atoms with E-state index >= 15 is 0 Å². The Morgan fingerprint density at radius 1 is 0.340 bits per heavy atom. The van der Waals surface area contributed by atoms with E-state index in [1.165, 1.54) is 0 Å². The van der Waals surface area contributed by atoms with Gasteiger partial charge in [-0.25, -0.2) is 65.9 Å². The van der Waals surface area contributed by atoms with Gasteiger partial charge in [0, 0.05) is 31.2 Å². The fourth-order valence-corrected chi connectivity index (χ4v) is 3.62. The van der Waals surface area contributed by atoms with Crippen LogP contribution in [0.4, 0.5) is 82.9 Å². The maximum absolute atomic E-state index is 13.9. The Labute approximate surface area is 268 Å². The maximum atomic E-state index is 13.9. The first-order chi connectivity index (χ1) is 21.6. The van der Waals surface area contributed by atoms with Gasteiger partial charge < -0.3 is 20.9 Å². The van der Waals surface area contributed by atoms with Crippen LogP contribution in [-0.2, 0) is 20.4 Å². The quantitative estimate of drug-likeness (QED) is 0.0565. The van der Waals surface area contributed by atoms with Crippen molar-refractivity contribution < 1.29 is 86.3 Å². The van der Waals surface area contributed by atoms with E-state index in [4.69, 9.17) is 10.8 Å². The van der Waals surface area contributed by atoms with Gasteiger partial charge in [0.15, 0.2) is 52.4 Å². The number of nitrogens with zero attached hydrogens (tertiary/aromatic N) is 6. The van der Waals surface area contributed by atoms with Gasteiger partial charge in [0.2, 0.25) is 0 Å². The number of rotatable bonds is 13. The topological polar surface area (TPSA) is 93.1 Å². The normalized spacial score (nSPS) is 10.8. The Morgan fingerprint density at radius 3 is 0.809 bits per heavy atom. The Balaban J connectivity index is 0.00000361. The summed E-state index contributed by atoms with van der Waals surface area (Å²) in [4.78, 5) is 1.14. The van der Waals surface area contributed by atoms with Crippen LogP contribution in [0.25, 0.3) is 16.0 Å². The molecule has 0 fully saturated rings. The minimum atomic E-state index is -2.45. The second-order valence-electron chi connectivity index (χ2n) is 8.60. The summed E-state index contributed by atoms with van der Waals surface area (Å²) < 4.78 is 203. The molecule has 6 nitrogen and oxygen atoms in total. The minimum absolute atomic E-state index is 0. The molecule has 0 spiro atoms. The smallest absolute Gasteiger partial charge is 0.200 e. The van der Waals surface area contributed by atoms with E-state index in [1.807, 2.05) is 0 Å². The van der Waals surface area contributed by atoms with E-state index in [0.29, 0.717) is 0 Å². The molecule has 3 aromatic rings. The van der Waals surface area contributed by atoms with E-state index in [0.717, 1.165) is 4.90 Å². The van der Waals surface area contributed by atoms with Gasteiger partial charge in [-0.1, -0.05) is 23.5 Å². The van der Waals surface area contributed by atoms with Gasteiger partial charge in [-0.15, -0.1) is 19.6 Å². The largest absolute Gasteiger partial charge is 0.679 e. The second-order valence-corrected chi connectivity index (χ2v) is 8.60. The summed E-state index contributed by atoms with van der Waals surface area (Å²) in [6, 6.07) is 0. The van der Waals surface area contributed by atoms with Gasteiger partial charge >= 0.3 is 0 Å². The molecule has 22 heteroatoms. The van der Waals surface area contributed by atoms with Crippen molar-refractivity contribution >= 4 is 17.1 Å². The van der Waals surface area contributed by atoms with Crippen LogP contribution in [0.3, 0.4) is 0 Å². The van der Waals surface area contributed by atoms with E-state index < -0.39 is 137 Å².